The van der Waals surface area contributed by atoms with Gasteiger partial charge in [0.2, 0.25) is 0 Å². The summed E-state index contributed by atoms with van der Waals surface area (Å²) >= 11 is 0. The first-order valence-corrected chi connectivity index (χ1v) is 6.91. The summed E-state index contributed by atoms with van der Waals surface area (Å²) in [4.78, 5) is 0. The fourth-order valence-electron chi connectivity index (χ4n) is 2.38. The summed E-state index contributed by atoms with van der Waals surface area (Å²) in [6.45, 7) is 6.46. The van der Waals surface area contributed by atoms with E-state index < -0.39 is 0 Å². The van der Waals surface area contributed by atoms with Gasteiger partial charge in [0.15, 0.2) is 0 Å². The van der Waals surface area contributed by atoms with Crippen molar-refractivity contribution < 1.29 is 4.39 Å². The smallest absolute Gasteiger partial charge is 0.126 e. The van der Waals surface area contributed by atoms with Crippen molar-refractivity contribution in [2.24, 2.45) is 0 Å². The fraction of sp³-hybridized carbons (Fsp3) is 0.333. The van der Waals surface area contributed by atoms with Gasteiger partial charge in [-0.15, -0.1) is 0 Å². The first-order valence-electron chi connectivity index (χ1n) is 6.91. The highest BCUT2D eigenvalue weighted by atomic mass is 19.1. The zero-order chi connectivity index (χ0) is 13.8. The lowest BCUT2D eigenvalue weighted by molar-refractivity contribution is 0.587. The normalized spacial score (nSPS) is 12.7. The van der Waals surface area contributed by atoms with Gasteiger partial charge in [-0.25, -0.2) is 4.39 Å². The summed E-state index contributed by atoms with van der Waals surface area (Å²) in [6.07, 6.45) is 0.874. The molecule has 2 aromatic carbocycles. The molecule has 2 aromatic rings. The zero-order valence-corrected chi connectivity index (χ0v) is 11.9. The van der Waals surface area contributed by atoms with Crippen LogP contribution < -0.4 is 0 Å². The molecule has 0 fully saturated rings. The van der Waals surface area contributed by atoms with Crippen molar-refractivity contribution in [2.75, 3.05) is 0 Å². The molecule has 2 rings (SSSR count). The molecule has 19 heavy (non-hydrogen) atoms. The van der Waals surface area contributed by atoms with E-state index in [1.807, 2.05) is 12.1 Å². The standard InChI is InChI=1S/C18H21F/c1-13(2)16-10-8-15(9-11-16)12-14(3)17-6-4-5-7-18(17)19/h4-11,13-14H,12H2,1-3H3. The van der Waals surface area contributed by atoms with Crippen LogP contribution in [0.1, 0.15) is 49.3 Å². The maximum Gasteiger partial charge on any atom is 0.126 e. The second-order valence-corrected chi connectivity index (χ2v) is 5.52. The van der Waals surface area contributed by atoms with Crippen molar-refractivity contribution in [1.82, 2.24) is 0 Å². The summed E-state index contributed by atoms with van der Waals surface area (Å²) in [6, 6.07) is 15.7. The zero-order valence-electron chi connectivity index (χ0n) is 11.9. The van der Waals surface area contributed by atoms with Crippen LogP contribution in [-0.4, -0.2) is 0 Å². The van der Waals surface area contributed by atoms with Crippen LogP contribution >= 0.6 is 0 Å². The van der Waals surface area contributed by atoms with Gasteiger partial charge in [0.05, 0.1) is 0 Å². The molecule has 0 aliphatic carbocycles. The van der Waals surface area contributed by atoms with Gasteiger partial charge < -0.3 is 0 Å². The lowest BCUT2D eigenvalue weighted by Gasteiger charge is -2.13. The van der Waals surface area contributed by atoms with Gasteiger partial charge in [0.25, 0.3) is 0 Å². The average Bonchev–Trinajstić information content (AvgIpc) is 2.39. The van der Waals surface area contributed by atoms with E-state index in [0.717, 1.165) is 12.0 Å². The number of hydrogen-bond donors (Lipinski definition) is 0. The second-order valence-electron chi connectivity index (χ2n) is 5.52. The van der Waals surface area contributed by atoms with Gasteiger partial charge in [-0.3, -0.25) is 0 Å². The van der Waals surface area contributed by atoms with E-state index in [-0.39, 0.29) is 11.7 Å². The van der Waals surface area contributed by atoms with Gasteiger partial charge in [-0.05, 0) is 41.0 Å². The Kier molecular flexibility index (Phi) is 4.36. The minimum atomic E-state index is -0.103. The Morgan fingerprint density at radius 1 is 0.895 bits per heavy atom. The third-order valence-electron chi connectivity index (χ3n) is 3.62. The van der Waals surface area contributed by atoms with Gasteiger partial charge in [-0.2, -0.15) is 0 Å². The lowest BCUT2D eigenvalue weighted by atomic mass is 9.92. The molecule has 0 aliphatic heterocycles. The van der Waals surface area contributed by atoms with E-state index in [2.05, 4.69) is 45.0 Å². The van der Waals surface area contributed by atoms with E-state index in [0.29, 0.717) is 5.92 Å². The third-order valence-corrected chi connectivity index (χ3v) is 3.62. The molecular formula is C18H21F. The summed E-state index contributed by atoms with van der Waals surface area (Å²) in [5.41, 5.74) is 3.41. The Morgan fingerprint density at radius 3 is 2.11 bits per heavy atom. The predicted octanol–water partition coefficient (Wildman–Crippen LogP) is 5.30. The Balaban J connectivity index is 2.11. The molecule has 0 heterocycles. The van der Waals surface area contributed by atoms with Crippen LogP contribution in [0, 0.1) is 5.82 Å². The monoisotopic (exact) mass is 256 g/mol. The maximum absolute atomic E-state index is 13.7. The Bertz CT molecular complexity index is 526. The molecule has 1 atom stereocenters. The van der Waals surface area contributed by atoms with E-state index in [4.69, 9.17) is 0 Å². The molecule has 0 bridgehead atoms. The molecule has 100 valence electrons. The Morgan fingerprint density at radius 2 is 1.53 bits per heavy atom. The molecule has 0 saturated heterocycles. The predicted molar refractivity (Wildman–Crippen MR) is 79.1 cm³/mol. The number of halogens is 1. The minimum Gasteiger partial charge on any atom is -0.207 e. The lowest BCUT2D eigenvalue weighted by Crippen LogP contribution is -2.01. The quantitative estimate of drug-likeness (QED) is 0.696. The SMILES string of the molecule is CC(C)c1ccc(CC(C)c2ccccc2F)cc1. The molecular weight excluding hydrogens is 235 g/mol. The number of benzene rings is 2. The van der Waals surface area contributed by atoms with Crippen LogP contribution in [0.3, 0.4) is 0 Å². The van der Waals surface area contributed by atoms with E-state index in [1.165, 1.54) is 17.2 Å². The summed E-state index contributed by atoms with van der Waals surface area (Å²) in [5, 5.41) is 0. The summed E-state index contributed by atoms with van der Waals surface area (Å²) < 4.78 is 13.7. The van der Waals surface area contributed by atoms with Crippen molar-refractivity contribution in [1.29, 1.82) is 0 Å². The molecule has 0 aromatic heterocycles. The van der Waals surface area contributed by atoms with Crippen LogP contribution in [-0.2, 0) is 6.42 Å². The van der Waals surface area contributed by atoms with Crippen LogP contribution in [0.5, 0.6) is 0 Å². The number of hydrogen-bond acceptors (Lipinski definition) is 0. The molecule has 0 aliphatic rings. The second kappa shape index (κ2) is 6.01. The highest BCUT2D eigenvalue weighted by Crippen LogP contribution is 2.24. The average molecular weight is 256 g/mol. The summed E-state index contributed by atoms with van der Waals surface area (Å²) in [7, 11) is 0. The van der Waals surface area contributed by atoms with Gasteiger partial charge in [0.1, 0.15) is 5.82 Å². The van der Waals surface area contributed by atoms with Crippen LogP contribution in [0.2, 0.25) is 0 Å². The van der Waals surface area contributed by atoms with Crippen molar-refractivity contribution in [3.8, 4) is 0 Å². The van der Waals surface area contributed by atoms with E-state index >= 15 is 0 Å². The Hall–Kier alpha value is -1.63. The van der Waals surface area contributed by atoms with E-state index in [1.54, 1.807) is 6.07 Å². The topological polar surface area (TPSA) is 0 Å². The van der Waals surface area contributed by atoms with Crippen LogP contribution in [0.15, 0.2) is 48.5 Å². The molecule has 1 heteroatoms. The maximum atomic E-state index is 13.7. The molecule has 1 unspecified atom stereocenters. The van der Waals surface area contributed by atoms with Crippen LogP contribution in [0.25, 0.3) is 0 Å². The molecule has 0 radical (unpaired) electrons. The van der Waals surface area contributed by atoms with Crippen molar-refractivity contribution >= 4 is 0 Å². The highest BCUT2D eigenvalue weighted by Gasteiger charge is 2.11. The van der Waals surface area contributed by atoms with Crippen molar-refractivity contribution in [3.63, 3.8) is 0 Å². The molecule has 0 spiro atoms. The third kappa shape index (κ3) is 3.44. The van der Waals surface area contributed by atoms with Crippen LogP contribution in [0.4, 0.5) is 4.39 Å². The van der Waals surface area contributed by atoms with Crippen molar-refractivity contribution in [2.45, 2.75) is 39.0 Å². The van der Waals surface area contributed by atoms with Gasteiger partial charge >= 0.3 is 0 Å². The fourth-order valence-corrected chi connectivity index (χ4v) is 2.38. The minimum absolute atomic E-state index is 0.103. The summed E-state index contributed by atoms with van der Waals surface area (Å²) in [5.74, 6) is 0.651. The molecule has 0 N–H and O–H groups in total. The molecule has 0 nitrogen and oxygen atoms in total. The van der Waals surface area contributed by atoms with Gasteiger partial charge in [-0.1, -0.05) is 63.2 Å². The first-order chi connectivity index (χ1) is 9.08. The van der Waals surface area contributed by atoms with Crippen molar-refractivity contribution in [3.05, 3.63) is 71.0 Å². The number of rotatable bonds is 4. The first kappa shape index (κ1) is 13.8. The molecule has 0 amide bonds. The van der Waals surface area contributed by atoms with E-state index in [9.17, 15) is 4.39 Å². The molecule has 0 saturated carbocycles. The highest BCUT2D eigenvalue weighted by molar-refractivity contribution is 5.28. The Labute approximate surface area is 115 Å². The largest absolute Gasteiger partial charge is 0.207 e. The van der Waals surface area contributed by atoms with Gasteiger partial charge in [0, 0.05) is 0 Å².